The number of nitrogens with zero attached hydrogens (tertiary/aromatic N) is 1. The molecule has 0 saturated carbocycles. The van der Waals surface area contributed by atoms with Gasteiger partial charge in [0.25, 0.3) is 0 Å². The maximum absolute atomic E-state index is 12.2. The number of carbonyl (C=O) groups excluding carboxylic acids is 1. The zero-order valence-corrected chi connectivity index (χ0v) is 14.2. The zero-order valence-electron chi connectivity index (χ0n) is 14.2. The van der Waals surface area contributed by atoms with Gasteiger partial charge in [-0.2, -0.15) is 0 Å². The molecule has 3 nitrogen and oxygen atoms in total. The number of nitrogen functional groups attached to an aromatic ring is 1. The van der Waals surface area contributed by atoms with Crippen LogP contribution in [0.1, 0.15) is 35.2 Å². The van der Waals surface area contributed by atoms with Crippen molar-refractivity contribution in [1.82, 2.24) is 4.90 Å². The van der Waals surface area contributed by atoms with Gasteiger partial charge in [0, 0.05) is 24.2 Å². The van der Waals surface area contributed by atoms with Crippen molar-refractivity contribution < 1.29 is 4.79 Å². The average molecular weight is 322 g/mol. The first-order valence-corrected chi connectivity index (χ1v) is 8.86. The Bertz CT molecular complexity index is 643. The molecule has 1 aliphatic rings. The quantitative estimate of drug-likeness (QED) is 0.650. The topological polar surface area (TPSA) is 46.3 Å². The van der Waals surface area contributed by atoms with Gasteiger partial charge in [-0.25, -0.2) is 0 Å². The van der Waals surface area contributed by atoms with E-state index < -0.39 is 0 Å². The molecule has 1 fully saturated rings. The summed E-state index contributed by atoms with van der Waals surface area (Å²) in [6, 6.07) is 18.0. The van der Waals surface area contributed by atoms with Crippen LogP contribution < -0.4 is 5.73 Å². The zero-order chi connectivity index (χ0) is 16.8. The summed E-state index contributed by atoms with van der Waals surface area (Å²) in [5.74, 6) is 0.984. The van der Waals surface area contributed by atoms with Gasteiger partial charge in [0.15, 0.2) is 5.78 Å². The van der Waals surface area contributed by atoms with E-state index in [4.69, 9.17) is 5.73 Å². The van der Waals surface area contributed by atoms with Crippen molar-refractivity contribution in [2.45, 2.75) is 25.7 Å². The molecular formula is C21H26N2O. The van der Waals surface area contributed by atoms with Gasteiger partial charge in [0.05, 0.1) is 0 Å². The van der Waals surface area contributed by atoms with Crippen LogP contribution in [-0.4, -0.2) is 30.3 Å². The van der Waals surface area contributed by atoms with E-state index in [2.05, 4.69) is 35.2 Å². The third-order valence-corrected chi connectivity index (χ3v) is 4.96. The number of hydrogen-bond donors (Lipinski definition) is 1. The molecule has 0 unspecified atom stereocenters. The summed E-state index contributed by atoms with van der Waals surface area (Å²) < 4.78 is 0. The van der Waals surface area contributed by atoms with E-state index in [1.54, 1.807) is 12.1 Å². The van der Waals surface area contributed by atoms with Crippen molar-refractivity contribution in [2.75, 3.05) is 25.4 Å². The predicted molar refractivity (Wildman–Crippen MR) is 99.1 cm³/mol. The van der Waals surface area contributed by atoms with E-state index in [0.29, 0.717) is 12.1 Å². The number of anilines is 1. The molecule has 0 aromatic heterocycles. The van der Waals surface area contributed by atoms with E-state index in [-0.39, 0.29) is 5.78 Å². The van der Waals surface area contributed by atoms with Crippen LogP contribution in [0.4, 0.5) is 5.69 Å². The molecule has 24 heavy (non-hydrogen) atoms. The molecule has 0 radical (unpaired) electrons. The lowest BCUT2D eigenvalue weighted by atomic mass is 9.90. The number of carbonyl (C=O) groups is 1. The van der Waals surface area contributed by atoms with Crippen molar-refractivity contribution in [3.63, 3.8) is 0 Å². The van der Waals surface area contributed by atoms with Gasteiger partial charge in [-0.1, -0.05) is 30.3 Å². The van der Waals surface area contributed by atoms with Gasteiger partial charge >= 0.3 is 0 Å². The molecule has 0 atom stereocenters. The van der Waals surface area contributed by atoms with Gasteiger partial charge in [0.2, 0.25) is 0 Å². The SMILES string of the molecule is Nc1ccc(C(=O)CCN2CCC(Cc3ccccc3)CC2)cc1. The van der Waals surface area contributed by atoms with Crippen LogP contribution in [0.15, 0.2) is 54.6 Å². The number of benzene rings is 2. The molecule has 2 aromatic carbocycles. The van der Waals surface area contributed by atoms with E-state index in [1.165, 1.54) is 24.8 Å². The number of rotatable bonds is 6. The van der Waals surface area contributed by atoms with Gasteiger partial charge in [-0.3, -0.25) is 4.79 Å². The maximum atomic E-state index is 12.2. The summed E-state index contributed by atoms with van der Waals surface area (Å²) in [7, 11) is 0. The summed E-state index contributed by atoms with van der Waals surface area (Å²) in [6.07, 6.45) is 4.22. The molecule has 0 aliphatic carbocycles. The van der Waals surface area contributed by atoms with Crippen molar-refractivity contribution in [2.24, 2.45) is 5.92 Å². The second kappa shape index (κ2) is 8.11. The van der Waals surface area contributed by atoms with Gasteiger partial charge in [-0.15, -0.1) is 0 Å². The van der Waals surface area contributed by atoms with E-state index in [1.807, 2.05) is 12.1 Å². The summed E-state index contributed by atoms with van der Waals surface area (Å²) >= 11 is 0. The first-order chi connectivity index (χ1) is 11.7. The second-order valence-electron chi connectivity index (χ2n) is 6.77. The minimum Gasteiger partial charge on any atom is -0.399 e. The molecule has 126 valence electrons. The van der Waals surface area contributed by atoms with Crippen LogP contribution in [-0.2, 0) is 6.42 Å². The number of Topliss-reactive ketones (excluding diaryl/α,β-unsaturated/α-hetero) is 1. The summed E-state index contributed by atoms with van der Waals surface area (Å²) in [5.41, 5.74) is 8.57. The van der Waals surface area contributed by atoms with Crippen LogP contribution in [0.3, 0.4) is 0 Å². The van der Waals surface area contributed by atoms with Crippen molar-refractivity contribution in [3.05, 3.63) is 65.7 Å². The molecule has 3 rings (SSSR count). The molecule has 0 bridgehead atoms. The van der Waals surface area contributed by atoms with E-state index >= 15 is 0 Å². The number of ketones is 1. The highest BCUT2D eigenvalue weighted by atomic mass is 16.1. The molecule has 1 aliphatic heterocycles. The monoisotopic (exact) mass is 322 g/mol. The number of hydrogen-bond acceptors (Lipinski definition) is 3. The fraction of sp³-hybridized carbons (Fsp3) is 0.381. The summed E-state index contributed by atoms with van der Waals surface area (Å²) in [5, 5.41) is 0. The minimum absolute atomic E-state index is 0.210. The summed E-state index contributed by atoms with van der Waals surface area (Å²) in [6.45, 7) is 3.07. The van der Waals surface area contributed by atoms with Crippen LogP contribution in [0.5, 0.6) is 0 Å². The standard InChI is InChI=1S/C21H26N2O/c22-20-8-6-19(7-9-20)21(24)12-15-23-13-10-18(11-14-23)16-17-4-2-1-3-5-17/h1-9,18H,10-16,22H2. The minimum atomic E-state index is 0.210. The van der Waals surface area contributed by atoms with Crippen molar-refractivity contribution in [3.8, 4) is 0 Å². The molecule has 0 spiro atoms. The Morgan fingerprint density at radius 1 is 1.00 bits per heavy atom. The lowest BCUT2D eigenvalue weighted by Gasteiger charge is -2.31. The van der Waals surface area contributed by atoms with Gasteiger partial charge in [0.1, 0.15) is 0 Å². The Labute approximate surface area is 144 Å². The molecular weight excluding hydrogens is 296 g/mol. The Kier molecular flexibility index (Phi) is 5.65. The predicted octanol–water partition coefficient (Wildman–Crippen LogP) is 3.80. The number of piperidine rings is 1. The maximum Gasteiger partial charge on any atom is 0.164 e. The average Bonchev–Trinajstić information content (AvgIpc) is 2.62. The highest BCUT2D eigenvalue weighted by Gasteiger charge is 2.20. The Morgan fingerprint density at radius 3 is 2.33 bits per heavy atom. The number of likely N-dealkylation sites (tertiary alicyclic amines) is 1. The van der Waals surface area contributed by atoms with Crippen LogP contribution in [0, 0.1) is 5.92 Å². The first kappa shape index (κ1) is 16.7. The van der Waals surface area contributed by atoms with E-state index in [9.17, 15) is 4.79 Å². The first-order valence-electron chi connectivity index (χ1n) is 8.86. The van der Waals surface area contributed by atoms with Gasteiger partial charge in [-0.05, 0) is 68.1 Å². The van der Waals surface area contributed by atoms with Crippen molar-refractivity contribution in [1.29, 1.82) is 0 Å². The van der Waals surface area contributed by atoms with E-state index in [0.717, 1.165) is 31.1 Å². The largest absolute Gasteiger partial charge is 0.399 e. The number of nitrogens with two attached hydrogens (primary N) is 1. The lowest BCUT2D eigenvalue weighted by Crippen LogP contribution is -2.35. The Morgan fingerprint density at radius 2 is 1.67 bits per heavy atom. The molecule has 2 N–H and O–H groups in total. The molecule has 3 heteroatoms. The Balaban J connectivity index is 1.41. The van der Waals surface area contributed by atoms with Crippen LogP contribution >= 0.6 is 0 Å². The normalized spacial score (nSPS) is 16.2. The van der Waals surface area contributed by atoms with Crippen LogP contribution in [0.2, 0.25) is 0 Å². The fourth-order valence-electron chi connectivity index (χ4n) is 3.43. The third-order valence-electron chi connectivity index (χ3n) is 4.96. The smallest absolute Gasteiger partial charge is 0.164 e. The lowest BCUT2D eigenvalue weighted by molar-refractivity contribution is 0.0951. The molecule has 2 aromatic rings. The molecule has 1 heterocycles. The molecule has 0 amide bonds. The van der Waals surface area contributed by atoms with Gasteiger partial charge < -0.3 is 10.6 Å². The van der Waals surface area contributed by atoms with Crippen LogP contribution in [0.25, 0.3) is 0 Å². The highest BCUT2D eigenvalue weighted by Crippen LogP contribution is 2.22. The molecule has 1 saturated heterocycles. The fourth-order valence-corrected chi connectivity index (χ4v) is 3.43. The highest BCUT2D eigenvalue weighted by molar-refractivity contribution is 5.96. The summed E-state index contributed by atoms with van der Waals surface area (Å²) in [4.78, 5) is 14.7. The Hall–Kier alpha value is -2.13. The van der Waals surface area contributed by atoms with Crippen molar-refractivity contribution >= 4 is 11.5 Å². The second-order valence-corrected chi connectivity index (χ2v) is 6.77. The third kappa shape index (κ3) is 4.68.